The Morgan fingerprint density at radius 3 is 2.70 bits per heavy atom. The lowest BCUT2D eigenvalue weighted by Crippen LogP contribution is -1.89. The molecule has 0 spiro atoms. The van der Waals surface area contributed by atoms with Crippen molar-refractivity contribution >= 4 is 32.9 Å². The third-order valence-corrected chi connectivity index (χ3v) is 3.65. The molecular formula is C15H10N4S. The van der Waals surface area contributed by atoms with Crippen LogP contribution in [0.25, 0.3) is 10.2 Å². The Bertz CT molecular complexity index is 764. The Balaban J connectivity index is 1.71. The van der Waals surface area contributed by atoms with Crippen molar-refractivity contribution in [2.45, 2.75) is 0 Å². The third kappa shape index (κ3) is 2.66. The average Bonchev–Trinajstić information content (AvgIpc) is 2.90. The highest BCUT2D eigenvalue weighted by molar-refractivity contribution is 7.22. The normalized spacial score (nSPS) is 10.8. The predicted molar refractivity (Wildman–Crippen MR) is 82.0 cm³/mol. The van der Waals surface area contributed by atoms with Crippen LogP contribution in [0.15, 0.2) is 53.6 Å². The van der Waals surface area contributed by atoms with Gasteiger partial charge >= 0.3 is 0 Å². The van der Waals surface area contributed by atoms with Crippen molar-refractivity contribution in [1.82, 2.24) is 4.98 Å². The quantitative estimate of drug-likeness (QED) is 0.588. The number of nitrogens with one attached hydrogen (secondary N) is 1. The molecule has 0 aliphatic carbocycles. The SMILES string of the molecule is N#Cc1ccc(/C=N\Nc2nc3ccccc3s2)cc1. The van der Waals surface area contributed by atoms with Crippen LogP contribution in [0.5, 0.6) is 0 Å². The molecule has 0 saturated heterocycles. The van der Waals surface area contributed by atoms with Crippen LogP contribution in [0.4, 0.5) is 5.13 Å². The Labute approximate surface area is 120 Å². The standard InChI is InChI=1S/C15H10N4S/c16-9-11-5-7-12(8-6-11)10-17-19-15-18-13-3-1-2-4-14(13)20-15/h1-8,10H,(H,18,19)/b17-10-. The van der Waals surface area contributed by atoms with Crippen LogP contribution in [-0.4, -0.2) is 11.2 Å². The van der Waals surface area contributed by atoms with Crippen molar-refractivity contribution in [2.24, 2.45) is 5.10 Å². The molecule has 0 aliphatic rings. The molecule has 20 heavy (non-hydrogen) atoms. The third-order valence-electron chi connectivity index (χ3n) is 2.71. The van der Waals surface area contributed by atoms with E-state index in [4.69, 9.17) is 5.26 Å². The fourth-order valence-corrected chi connectivity index (χ4v) is 2.54. The largest absolute Gasteiger partial charge is 0.253 e. The van der Waals surface area contributed by atoms with Crippen molar-refractivity contribution < 1.29 is 0 Å². The molecule has 3 aromatic rings. The Hall–Kier alpha value is -2.71. The minimum Gasteiger partial charge on any atom is -0.253 e. The van der Waals surface area contributed by atoms with Crippen molar-refractivity contribution in [3.8, 4) is 6.07 Å². The predicted octanol–water partition coefficient (Wildman–Crippen LogP) is 3.61. The molecule has 0 radical (unpaired) electrons. The van der Waals surface area contributed by atoms with Crippen LogP contribution in [-0.2, 0) is 0 Å². The zero-order valence-electron chi connectivity index (χ0n) is 10.4. The molecular weight excluding hydrogens is 268 g/mol. The van der Waals surface area contributed by atoms with E-state index in [1.807, 2.05) is 36.4 Å². The molecule has 0 bridgehead atoms. The van der Waals surface area contributed by atoms with Crippen LogP contribution in [0, 0.1) is 11.3 Å². The van der Waals surface area contributed by atoms with Crippen molar-refractivity contribution in [2.75, 3.05) is 5.43 Å². The van der Waals surface area contributed by atoms with E-state index in [1.165, 1.54) is 0 Å². The molecule has 96 valence electrons. The number of rotatable bonds is 3. The summed E-state index contributed by atoms with van der Waals surface area (Å²) in [6.45, 7) is 0. The van der Waals surface area contributed by atoms with Gasteiger partial charge < -0.3 is 0 Å². The number of benzene rings is 2. The van der Waals surface area contributed by atoms with E-state index in [-0.39, 0.29) is 0 Å². The molecule has 0 aliphatic heterocycles. The second-order valence-electron chi connectivity index (χ2n) is 4.09. The average molecular weight is 278 g/mol. The number of hydrazone groups is 1. The molecule has 3 rings (SSSR count). The summed E-state index contributed by atoms with van der Waals surface area (Å²) < 4.78 is 1.13. The lowest BCUT2D eigenvalue weighted by atomic mass is 10.2. The Morgan fingerprint density at radius 1 is 1.15 bits per heavy atom. The minimum absolute atomic E-state index is 0.640. The van der Waals surface area contributed by atoms with Crippen LogP contribution in [0.2, 0.25) is 0 Å². The summed E-state index contributed by atoms with van der Waals surface area (Å²) in [7, 11) is 0. The Kier molecular flexibility index (Phi) is 3.40. The number of thiazole rings is 1. The molecule has 0 fully saturated rings. The summed E-state index contributed by atoms with van der Waals surface area (Å²) in [6.07, 6.45) is 1.70. The van der Waals surface area contributed by atoms with Gasteiger partial charge in [-0.1, -0.05) is 35.6 Å². The zero-order chi connectivity index (χ0) is 13.8. The van der Waals surface area contributed by atoms with E-state index in [1.54, 1.807) is 29.7 Å². The van der Waals surface area contributed by atoms with Crippen LogP contribution in [0.3, 0.4) is 0 Å². The minimum atomic E-state index is 0.640. The first kappa shape index (κ1) is 12.3. The summed E-state index contributed by atoms with van der Waals surface area (Å²) in [6, 6.07) is 17.3. The van der Waals surface area contributed by atoms with Crippen molar-refractivity contribution in [3.05, 3.63) is 59.7 Å². The van der Waals surface area contributed by atoms with Gasteiger partial charge in [-0.15, -0.1) is 0 Å². The number of nitriles is 1. The number of fused-ring (bicyclic) bond motifs is 1. The topological polar surface area (TPSA) is 61.1 Å². The molecule has 0 saturated carbocycles. The number of nitrogens with zero attached hydrogens (tertiary/aromatic N) is 3. The van der Waals surface area contributed by atoms with Gasteiger partial charge in [0.05, 0.1) is 28.1 Å². The summed E-state index contributed by atoms with van der Waals surface area (Å²) in [4.78, 5) is 4.42. The maximum atomic E-state index is 8.72. The first-order valence-electron chi connectivity index (χ1n) is 6.00. The smallest absolute Gasteiger partial charge is 0.204 e. The van der Waals surface area contributed by atoms with E-state index in [0.717, 1.165) is 20.9 Å². The van der Waals surface area contributed by atoms with E-state index in [0.29, 0.717) is 5.56 Å². The van der Waals surface area contributed by atoms with Crippen molar-refractivity contribution in [3.63, 3.8) is 0 Å². The van der Waals surface area contributed by atoms with Gasteiger partial charge in [0.15, 0.2) is 0 Å². The van der Waals surface area contributed by atoms with E-state index >= 15 is 0 Å². The molecule has 1 N–H and O–H groups in total. The molecule has 4 nitrogen and oxygen atoms in total. The highest BCUT2D eigenvalue weighted by Crippen LogP contribution is 2.25. The zero-order valence-corrected chi connectivity index (χ0v) is 11.3. The second kappa shape index (κ2) is 5.51. The number of hydrogen-bond donors (Lipinski definition) is 1. The number of para-hydroxylation sites is 1. The highest BCUT2D eigenvalue weighted by Gasteiger charge is 2.00. The summed E-state index contributed by atoms with van der Waals surface area (Å²) in [5, 5.41) is 13.6. The maximum absolute atomic E-state index is 8.72. The Morgan fingerprint density at radius 2 is 1.95 bits per heavy atom. The molecule has 0 amide bonds. The molecule has 1 heterocycles. The van der Waals surface area contributed by atoms with Gasteiger partial charge in [-0.05, 0) is 29.8 Å². The molecule has 2 aromatic carbocycles. The van der Waals surface area contributed by atoms with Crippen LogP contribution < -0.4 is 5.43 Å². The van der Waals surface area contributed by atoms with Gasteiger partial charge in [0.25, 0.3) is 0 Å². The van der Waals surface area contributed by atoms with Crippen molar-refractivity contribution in [1.29, 1.82) is 5.26 Å². The van der Waals surface area contributed by atoms with Gasteiger partial charge in [0.2, 0.25) is 5.13 Å². The fraction of sp³-hybridized carbons (Fsp3) is 0. The second-order valence-corrected chi connectivity index (χ2v) is 5.12. The van der Waals surface area contributed by atoms with E-state index < -0.39 is 0 Å². The fourth-order valence-electron chi connectivity index (χ4n) is 1.73. The van der Waals surface area contributed by atoms with Gasteiger partial charge in [0, 0.05) is 0 Å². The van der Waals surface area contributed by atoms with E-state index in [9.17, 15) is 0 Å². The number of aromatic nitrogens is 1. The number of hydrogen-bond acceptors (Lipinski definition) is 5. The van der Waals surface area contributed by atoms with Crippen LogP contribution >= 0.6 is 11.3 Å². The van der Waals surface area contributed by atoms with E-state index in [2.05, 4.69) is 21.6 Å². The summed E-state index contributed by atoms with van der Waals surface area (Å²) in [5.74, 6) is 0. The van der Waals surface area contributed by atoms with Crippen LogP contribution in [0.1, 0.15) is 11.1 Å². The number of anilines is 1. The highest BCUT2D eigenvalue weighted by atomic mass is 32.1. The maximum Gasteiger partial charge on any atom is 0.204 e. The van der Waals surface area contributed by atoms with Gasteiger partial charge in [-0.2, -0.15) is 10.4 Å². The van der Waals surface area contributed by atoms with Gasteiger partial charge in [0.1, 0.15) is 0 Å². The molecule has 5 heteroatoms. The monoisotopic (exact) mass is 278 g/mol. The van der Waals surface area contributed by atoms with Gasteiger partial charge in [-0.25, -0.2) is 4.98 Å². The summed E-state index contributed by atoms with van der Waals surface area (Å²) >= 11 is 1.56. The first-order valence-corrected chi connectivity index (χ1v) is 6.81. The summed E-state index contributed by atoms with van der Waals surface area (Å²) in [5.41, 5.74) is 5.46. The lowest BCUT2D eigenvalue weighted by Gasteiger charge is -1.94. The van der Waals surface area contributed by atoms with Gasteiger partial charge in [-0.3, -0.25) is 5.43 Å². The first-order chi connectivity index (χ1) is 9.85. The molecule has 0 atom stereocenters. The molecule has 0 unspecified atom stereocenters. The lowest BCUT2D eigenvalue weighted by molar-refractivity contribution is 1.31. The molecule has 1 aromatic heterocycles.